The second-order valence-electron chi connectivity index (χ2n) is 14.5. The lowest BCUT2D eigenvalue weighted by Gasteiger charge is -2.56. The number of nitrogens with zero attached hydrogens (tertiary/aromatic N) is 4. The van der Waals surface area contributed by atoms with Crippen molar-refractivity contribution >= 4 is 17.0 Å². The van der Waals surface area contributed by atoms with Gasteiger partial charge in [0.1, 0.15) is 5.82 Å². The van der Waals surface area contributed by atoms with E-state index in [-0.39, 0.29) is 6.54 Å². The van der Waals surface area contributed by atoms with Crippen molar-refractivity contribution in [2.24, 2.45) is 23.7 Å². The maximum Gasteiger partial charge on any atom is 0.317 e. The minimum absolute atomic E-state index is 0.162. The summed E-state index contributed by atoms with van der Waals surface area (Å²) in [5.74, 6) is 3.73. The first-order valence-corrected chi connectivity index (χ1v) is 16.7. The minimum atomic E-state index is -0.711. The van der Waals surface area contributed by atoms with Gasteiger partial charge in [-0.3, -0.25) is 14.6 Å². The van der Waals surface area contributed by atoms with Gasteiger partial charge in [0.2, 0.25) is 0 Å². The molecule has 8 atom stereocenters. The van der Waals surface area contributed by atoms with E-state index < -0.39 is 5.97 Å². The fourth-order valence-corrected chi connectivity index (χ4v) is 10.1. The standard InChI is InChI=1S/C34H50N4O2/c1-23-12-13-27-19-29(20-32(23)37(27)28-16-24-7-2-3-8-25(15-24)17-28)38-31-11-5-4-10-30(31)35-33(38)18-26-9-6-14-36(21-26)22-34(39)40/h4-5,10-11,23-29,32H,2-3,6-9,12-22H2,1H3,(H,39,40)/t23-,24-,25+,26+,27+,28-,29-,32+/m1/s1. The highest BCUT2D eigenvalue weighted by Gasteiger charge is 2.47. The number of carbonyl (C=O) groups is 1. The van der Waals surface area contributed by atoms with E-state index in [9.17, 15) is 9.90 Å². The van der Waals surface area contributed by atoms with Gasteiger partial charge in [-0.05, 0) is 100 Å². The number of benzene rings is 1. The quantitative estimate of drug-likeness (QED) is 0.446. The van der Waals surface area contributed by atoms with E-state index in [1.54, 1.807) is 0 Å². The summed E-state index contributed by atoms with van der Waals surface area (Å²) in [6.45, 7) is 4.48. The zero-order valence-electron chi connectivity index (χ0n) is 24.6. The van der Waals surface area contributed by atoms with Crippen molar-refractivity contribution in [3.05, 3.63) is 30.1 Å². The maximum absolute atomic E-state index is 11.4. The van der Waals surface area contributed by atoms with Crippen LogP contribution in [0.15, 0.2) is 24.3 Å². The molecule has 218 valence electrons. The van der Waals surface area contributed by atoms with Crippen molar-refractivity contribution < 1.29 is 9.90 Å². The number of rotatable bonds is 6. The topological polar surface area (TPSA) is 61.6 Å². The Hall–Kier alpha value is -1.92. The summed E-state index contributed by atoms with van der Waals surface area (Å²) in [6.07, 6.45) is 18.8. The van der Waals surface area contributed by atoms with Crippen LogP contribution in [0.5, 0.6) is 0 Å². The summed E-state index contributed by atoms with van der Waals surface area (Å²) in [7, 11) is 0. The first-order valence-electron chi connectivity index (χ1n) is 16.7. The Balaban J connectivity index is 1.15. The molecule has 3 aliphatic heterocycles. The third kappa shape index (κ3) is 5.35. The molecule has 6 nitrogen and oxygen atoms in total. The van der Waals surface area contributed by atoms with Crippen molar-refractivity contribution in [1.82, 2.24) is 19.4 Å². The van der Waals surface area contributed by atoms with Gasteiger partial charge in [0, 0.05) is 37.1 Å². The van der Waals surface area contributed by atoms with Gasteiger partial charge in [-0.25, -0.2) is 4.98 Å². The van der Waals surface area contributed by atoms with Crippen molar-refractivity contribution in [3.63, 3.8) is 0 Å². The van der Waals surface area contributed by atoms with Crippen molar-refractivity contribution in [1.29, 1.82) is 0 Å². The molecule has 1 aromatic heterocycles. The molecule has 0 spiro atoms. The molecular formula is C34H50N4O2. The van der Waals surface area contributed by atoms with Gasteiger partial charge in [0.15, 0.2) is 0 Å². The lowest BCUT2D eigenvalue weighted by atomic mass is 9.71. The molecule has 2 aliphatic carbocycles. The molecule has 0 radical (unpaired) electrons. The van der Waals surface area contributed by atoms with Crippen LogP contribution >= 0.6 is 0 Å². The van der Waals surface area contributed by atoms with E-state index >= 15 is 0 Å². The molecule has 2 saturated carbocycles. The molecule has 6 heteroatoms. The summed E-state index contributed by atoms with van der Waals surface area (Å²) in [5.41, 5.74) is 2.44. The van der Waals surface area contributed by atoms with Crippen molar-refractivity contribution in [3.8, 4) is 0 Å². The summed E-state index contributed by atoms with van der Waals surface area (Å²) >= 11 is 0. The number of aromatic nitrogens is 2. The van der Waals surface area contributed by atoms with Gasteiger partial charge in [-0.2, -0.15) is 0 Å². The fraction of sp³-hybridized carbons (Fsp3) is 0.765. The van der Waals surface area contributed by atoms with E-state index in [2.05, 4.69) is 45.6 Å². The fourth-order valence-electron chi connectivity index (χ4n) is 10.1. The van der Waals surface area contributed by atoms with E-state index in [4.69, 9.17) is 4.98 Å². The van der Waals surface area contributed by atoms with Crippen LogP contribution in [0.1, 0.15) is 102 Å². The van der Waals surface area contributed by atoms with Crippen molar-refractivity contribution in [2.75, 3.05) is 19.6 Å². The van der Waals surface area contributed by atoms with E-state index in [1.165, 1.54) is 88.4 Å². The number of aliphatic carboxylic acids is 1. The number of para-hydroxylation sites is 2. The third-order valence-corrected chi connectivity index (χ3v) is 11.7. The Morgan fingerprint density at radius 1 is 0.900 bits per heavy atom. The number of likely N-dealkylation sites (tertiary alicyclic amines) is 1. The maximum atomic E-state index is 11.4. The van der Waals surface area contributed by atoms with Crippen LogP contribution in [0.4, 0.5) is 0 Å². The molecule has 1 aromatic carbocycles. The van der Waals surface area contributed by atoms with E-state index in [0.29, 0.717) is 24.0 Å². The molecule has 0 amide bonds. The number of carboxylic acid groups (broad SMARTS) is 1. The summed E-state index contributed by atoms with van der Waals surface area (Å²) in [4.78, 5) is 21.9. The number of hydrogen-bond acceptors (Lipinski definition) is 4. The molecule has 4 bridgehead atoms. The monoisotopic (exact) mass is 546 g/mol. The molecule has 0 unspecified atom stereocenters. The van der Waals surface area contributed by atoms with Gasteiger partial charge < -0.3 is 9.67 Å². The van der Waals surface area contributed by atoms with Crippen LogP contribution in [0.25, 0.3) is 11.0 Å². The second-order valence-corrected chi connectivity index (χ2v) is 14.5. The summed E-state index contributed by atoms with van der Waals surface area (Å²) < 4.78 is 2.67. The molecule has 4 heterocycles. The highest BCUT2D eigenvalue weighted by atomic mass is 16.4. The second kappa shape index (κ2) is 11.4. The Morgan fingerprint density at radius 2 is 1.70 bits per heavy atom. The molecule has 5 fully saturated rings. The van der Waals surface area contributed by atoms with Crippen molar-refractivity contribution in [2.45, 2.75) is 121 Å². The number of piperidine rings is 3. The molecule has 5 aliphatic rings. The smallest absolute Gasteiger partial charge is 0.317 e. The van der Waals surface area contributed by atoms with Gasteiger partial charge in [0.25, 0.3) is 0 Å². The van der Waals surface area contributed by atoms with Gasteiger partial charge in [0.05, 0.1) is 17.6 Å². The van der Waals surface area contributed by atoms with Gasteiger partial charge >= 0.3 is 5.97 Å². The average molecular weight is 547 g/mol. The highest BCUT2D eigenvalue weighted by Crippen LogP contribution is 2.49. The lowest BCUT2D eigenvalue weighted by Crippen LogP contribution is -2.60. The molecular weight excluding hydrogens is 496 g/mol. The molecule has 1 N–H and O–H groups in total. The van der Waals surface area contributed by atoms with Crippen LogP contribution in [-0.4, -0.2) is 68.2 Å². The predicted octanol–water partition coefficient (Wildman–Crippen LogP) is 6.54. The number of fused-ring (bicyclic) bond motifs is 5. The van der Waals surface area contributed by atoms with Crippen LogP contribution < -0.4 is 0 Å². The Labute approximate surface area is 240 Å². The Morgan fingerprint density at radius 3 is 2.50 bits per heavy atom. The lowest BCUT2D eigenvalue weighted by molar-refractivity contribution is -0.138. The SMILES string of the molecule is C[C@@H]1CC[C@H]2C[C@@H](n3c(C[C@@H]4CCCN(CC(=O)O)C4)nc4ccccc43)C[C@@H]1N2[C@@H]1C[C@@H]2CCCC[C@@H](C2)C1. The zero-order chi connectivity index (χ0) is 27.2. The minimum Gasteiger partial charge on any atom is -0.480 e. The van der Waals surface area contributed by atoms with Crippen LogP contribution in [0.3, 0.4) is 0 Å². The molecule has 2 aromatic rings. The zero-order valence-corrected chi connectivity index (χ0v) is 24.6. The molecule has 7 rings (SSSR count). The summed E-state index contributed by atoms with van der Waals surface area (Å²) in [5, 5.41) is 9.36. The molecule has 40 heavy (non-hydrogen) atoms. The van der Waals surface area contributed by atoms with E-state index in [0.717, 1.165) is 55.2 Å². The number of carboxylic acids is 1. The predicted molar refractivity (Wildman–Crippen MR) is 159 cm³/mol. The first-order chi connectivity index (χ1) is 19.5. The summed E-state index contributed by atoms with van der Waals surface area (Å²) in [6, 6.07) is 11.5. The Kier molecular flexibility index (Phi) is 7.68. The normalized spacial score (nSPS) is 37.3. The number of hydrogen-bond donors (Lipinski definition) is 1. The van der Waals surface area contributed by atoms with Crippen LogP contribution in [0, 0.1) is 23.7 Å². The Bertz CT molecular complexity index is 1180. The van der Waals surface area contributed by atoms with Crippen LogP contribution in [0.2, 0.25) is 0 Å². The van der Waals surface area contributed by atoms with Gasteiger partial charge in [-0.1, -0.05) is 44.7 Å². The third-order valence-electron chi connectivity index (χ3n) is 11.7. The largest absolute Gasteiger partial charge is 0.480 e. The molecule has 3 saturated heterocycles. The van der Waals surface area contributed by atoms with Crippen LogP contribution in [-0.2, 0) is 11.2 Å². The first kappa shape index (κ1) is 26.9. The average Bonchev–Trinajstić information content (AvgIpc) is 3.20. The number of imidazole rings is 1. The van der Waals surface area contributed by atoms with Gasteiger partial charge in [-0.15, -0.1) is 0 Å². The highest BCUT2D eigenvalue weighted by molar-refractivity contribution is 5.76. The van der Waals surface area contributed by atoms with E-state index in [1.807, 2.05) is 0 Å².